The molecule has 7 heteroatoms. The van der Waals surface area contributed by atoms with Crippen LogP contribution in [0.2, 0.25) is 0 Å². The molecule has 3 N–H and O–H groups in total. The van der Waals surface area contributed by atoms with E-state index >= 15 is 0 Å². The summed E-state index contributed by atoms with van der Waals surface area (Å²) in [4.78, 5) is 26.4. The van der Waals surface area contributed by atoms with Gasteiger partial charge in [0.25, 0.3) is 11.6 Å². The number of benzene rings is 1. The van der Waals surface area contributed by atoms with Crippen LogP contribution in [0.3, 0.4) is 0 Å². The predicted octanol–water partition coefficient (Wildman–Crippen LogP) is 2.06. The van der Waals surface area contributed by atoms with E-state index in [1.807, 2.05) is 6.07 Å². The lowest BCUT2D eigenvalue weighted by molar-refractivity contribution is -0.384. The van der Waals surface area contributed by atoms with Gasteiger partial charge in [-0.25, -0.2) is 0 Å². The second kappa shape index (κ2) is 6.00. The second-order valence-corrected chi connectivity index (χ2v) is 4.51. The third kappa shape index (κ3) is 3.33. The molecule has 2 rings (SSSR count). The molecule has 0 radical (unpaired) electrons. The molecule has 1 aromatic carbocycles. The van der Waals surface area contributed by atoms with Crippen molar-refractivity contribution in [1.82, 2.24) is 10.3 Å². The number of amides is 1. The fourth-order valence-corrected chi connectivity index (χ4v) is 1.84. The maximum Gasteiger partial charge on any atom is 0.270 e. The standard InChI is InChI=1S/C14H14N4O3/c1-9(10-3-2-6-16-8-10)17-14(19)12-7-11(18(20)21)4-5-13(12)15/h2-9H,15H2,1H3,(H,17,19). The Morgan fingerprint density at radius 3 is 2.81 bits per heavy atom. The van der Waals surface area contributed by atoms with Crippen LogP contribution in [0.15, 0.2) is 42.7 Å². The van der Waals surface area contributed by atoms with Gasteiger partial charge in [0.15, 0.2) is 0 Å². The third-order valence-corrected chi connectivity index (χ3v) is 3.02. The molecule has 7 nitrogen and oxygen atoms in total. The number of hydrogen-bond donors (Lipinski definition) is 2. The summed E-state index contributed by atoms with van der Waals surface area (Å²) in [5, 5.41) is 13.5. The van der Waals surface area contributed by atoms with E-state index in [9.17, 15) is 14.9 Å². The number of hydrogen-bond acceptors (Lipinski definition) is 5. The number of nitrogens with zero attached hydrogens (tertiary/aromatic N) is 2. The van der Waals surface area contributed by atoms with Gasteiger partial charge in [0.1, 0.15) is 0 Å². The molecule has 1 heterocycles. The van der Waals surface area contributed by atoms with E-state index in [2.05, 4.69) is 10.3 Å². The first kappa shape index (κ1) is 14.4. The van der Waals surface area contributed by atoms with Crippen LogP contribution >= 0.6 is 0 Å². The van der Waals surface area contributed by atoms with Crippen molar-refractivity contribution < 1.29 is 9.72 Å². The van der Waals surface area contributed by atoms with Crippen LogP contribution in [0.5, 0.6) is 0 Å². The highest BCUT2D eigenvalue weighted by molar-refractivity contribution is 6.00. The Labute approximate surface area is 121 Å². The number of pyridine rings is 1. The van der Waals surface area contributed by atoms with Gasteiger partial charge in [-0.2, -0.15) is 0 Å². The van der Waals surface area contributed by atoms with Crippen molar-refractivity contribution in [1.29, 1.82) is 0 Å². The fourth-order valence-electron chi connectivity index (χ4n) is 1.84. The SMILES string of the molecule is CC(NC(=O)c1cc([N+](=O)[O-])ccc1N)c1cccnc1. The molecule has 21 heavy (non-hydrogen) atoms. The number of aromatic nitrogens is 1. The molecule has 0 aliphatic heterocycles. The molecular formula is C14H14N4O3. The first-order valence-corrected chi connectivity index (χ1v) is 6.23. The lowest BCUT2D eigenvalue weighted by Gasteiger charge is -2.14. The van der Waals surface area contributed by atoms with Gasteiger partial charge in [0.2, 0.25) is 0 Å². The van der Waals surface area contributed by atoms with E-state index in [4.69, 9.17) is 5.73 Å². The number of nitrogens with two attached hydrogens (primary N) is 1. The van der Waals surface area contributed by atoms with Gasteiger partial charge in [-0.15, -0.1) is 0 Å². The average molecular weight is 286 g/mol. The maximum absolute atomic E-state index is 12.2. The van der Waals surface area contributed by atoms with Gasteiger partial charge < -0.3 is 11.1 Å². The van der Waals surface area contributed by atoms with E-state index in [1.165, 1.54) is 18.2 Å². The Kier molecular flexibility index (Phi) is 4.13. The molecule has 1 atom stereocenters. The van der Waals surface area contributed by atoms with Crippen LogP contribution in [-0.2, 0) is 0 Å². The number of non-ortho nitro benzene ring substituents is 1. The first-order chi connectivity index (χ1) is 9.99. The van der Waals surface area contributed by atoms with Gasteiger partial charge in [0, 0.05) is 30.2 Å². The van der Waals surface area contributed by atoms with Gasteiger partial charge in [-0.05, 0) is 24.6 Å². The molecule has 0 saturated carbocycles. The first-order valence-electron chi connectivity index (χ1n) is 6.23. The smallest absolute Gasteiger partial charge is 0.270 e. The maximum atomic E-state index is 12.2. The highest BCUT2D eigenvalue weighted by atomic mass is 16.6. The topological polar surface area (TPSA) is 111 Å². The van der Waals surface area contributed by atoms with Gasteiger partial charge in [-0.1, -0.05) is 6.07 Å². The zero-order valence-electron chi connectivity index (χ0n) is 11.3. The van der Waals surface area contributed by atoms with Crippen LogP contribution in [0.4, 0.5) is 11.4 Å². The summed E-state index contributed by atoms with van der Waals surface area (Å²) in [7, 11) is 0. The van der Waals surface area contributed by atoms with E-state index in [0.717, 1.165) is 5.56 Å². The molecule has 1 amide bonds. The minimum atomic E-state index is -0.569. The molecule has 108 valence electrons. The Balaban J connectivity index is 2.21. The van der Waals surface area contributed by atoms with Crippen LogP contribution in [0.1, 0.15) is 28.9 Å². The summed E-state index contributed by atoms with van der Waals surface area (Å²) in [6.07, 6.45) is 3.28. The highest BCUT2D eigenvalue weighted by Gasteiger charge is 2.17. The minimum Gasteiger partial charge on any atom is -0.398 e. The van der Waals surface area contributed by atoms with Crippen LogP contribution in [0, 0.1) is 10.1 Å². The summed E-state index contributed by atoms with van der Waals surface area (Å²) >= 11 is 0. The number of carbonyl (C=O) groups is 1. The number of anilines is 1. The number of nitro groups is 1. The monoisotopic (exact) mass is 286 g/mol. The molecule has 0 aliphatic rings. The van der Waals surface area contributed by atoms with E-state index in [-0.39, 0.29) is 23.0 Å². The summed E-state index contributed by atoms with van der Waals surface area (Å²) in [6, 6.07) is 7.08. The highest BCUT2D eigenvalue weighted by Crippen LogP contribution is 2.20. The Morgan fingerprint density at radius 1 is 1.43 bits per heavy atom. The summed E-state index contributed by atoms with van der Waals surface area (Å²) in [5.41, 5.74) is 6.63. The number of rotatable bonds is 4. The predicted molar refractivity (Wildman–Crippen MR) is 77.6 cm³/mol. The fraction of sp³-hybridized carbons (Fsp3) is 0.143. The molecule has 0 saturated heterocycles. The van der Waals surface area contributed by atoms with E-state index in [1.54, 1.807) is 25.4 Å². The second-order valence-electron chi connectivity index (χ2n) is 4.51. The average Bonchev–Trinajstić information content (AvgIpc) is 2.48. The molecule has 1 aromatic heterocycles. The van der Waals surface area contributed by atoms with Gasteiger partial charge >= 0.3 is 0 Å². The molecule has 1 unspecified atom stereocenters. The summed E-state index contributed by atoms with van der Waals surface area (Å²) < 4.78 is 0. The number of carbonyl (C=O) groups excluding carboxylic acids is 1. The van der Waals surface area contributed by atoms with Gasteiger partial charge in [0.05, 0.1) is 16.5 Å². The molecule has 0 fully saturated rings. The number of nitro benzene ring substituents is 1. The van der Waals surface area contributed by atoms with E-state index < -0.39 is 10.8 Å². The molecule has 2 aromatic rings. The van der Waals surface area contributed by atoms with Crippen LogP contribution in [-0.4, -0.2) is 15.8 Å². The minimum absolute atomic E-state index is 0.0833. The van der Waals surface area contributed by atoms with Crippen molar-refractivity contribution in [3.63, 3.8) is 0 Å². The van der Waals surface area contributed by atoms with Crippen molar-refractivity contribution in [2.24, 2.45) is 0 Å². The third-order valence-electron chi connectivity index (χ3n) is 3.02. The normalized spacial score (nSPS) is 11.7. The van der Waals surface area contributed by atoms with Crippen molar-refractivity contribution in [3.05, 3.63) is 64.0 Å². The molecular weight excluding hydrogens is 272 g/mol. The summed E-state index contributed by atoms with van der Waals surface area (Å²) in [6.45, 7) is 1.79. The zero-order valence-corrected chi connectivity index (χ0v) is 11.3. The largest absolute Gasteiger partial charge is 0.398 e. The van der Waals surface area contributed by atoms with Crippen molar-refractivity contribution >= 4 is 17.3 Å². The van der Waals surface area contributed by atoms with Gasteiger partial charge in [-0.3, -0.25) is 19.9 Å². The van der Waals surface area contributed by atoms with E-state index in [0.29, 0.717) is 0 Å². The van der Waals surface area contributed by atoms with Crippen LogP contribution < -0.4 is 11.1 Å². The quantitative estimate of drug-likeness (QED) is 0.507. The molecule has 0 aliphatic carbocycles. The Hall–Kier alpha value is -2.96. The zero-order chi connectivity index (χ0) is 15.4. The molecule has 0 spiro atoms. The number of nitrogen functional groups attached to an aromatic ring is 1. The summed E-state index contributed by atoms with van der Waals surface area (Å²) in [5.74, 6) is -0.465. The lowest BCUT2D eigenvalue weighted by atomic mass is 10.1. The van der Waals surface area contributed by atoms with Crippen molar-refractivity contribution in [2.45, 2.75) is 13.0 Å². The Morgan fingerprint density at radius 2 is 2.19 bits per heavy atom. The Bertz CT molecular complexity index is 673. The lowest BCUT2D eigenvalue weighted by Crippen LogP contribution is -2.27. The van der Waals surface area contributed by atoms with Crippen LogP contribution in [0.25, 0.3) is 0 Å². The molecule has 0 bridgehead atoms. The van der Waals surface area contributed by atoms with Crippen molar-refractivity contribution in [3.8, 4) is 0 Å². The van der Waals surface area contributed by atoms with Crippen molar-refractivity contribution in [2.75, 3.05) is 5.73 Å². The number of nitrogens with one attached hydrogen (secondary N) is 1.